The van der Waals surface area contributed by atoms with E-state index in [1.54, 1.807) is 11.4 Å². The highest BCUT2D eigenvalue weighted by atomic mass is 32.2. The van der Waals surface area contributed by atoms with Crippen molar-refractivity contribution in [1.29, 1.82) is 5.26 Å². The summed E-state index contributed by atoms with van der Waals surface area (Å²) in [7, 11) is 0. The first-order valence-corrected chi connectivity index (χ1v) is 7.89. The van der Waals surface area contributed by atoms with E-state index in [0.717, 1.165) is 0 Å². The second-order valence-corrected chi connectivity index (χ2v) is 5.86. The molecule has 112 valence electrons. The van der Waals surface area contributed by atoms with Crippen LogP contribution in [0.25, 0.3) is 0 Å². The van der Waals surface area contributed by atoms with Crippen LogP contribution in [0, 0.1) is 11.3 Å². The smallest absolute Gasteiger partial charge is 0.326 e. The molecule has 1 unspecified atom stereocenters. The summed E-state index contributed by atoms with van der Waals surface area (Å²) in [5.41, 5.74) is 0.416. The van der Waals surface area contributed by atoms with Gasteiger partial charge in [-0.3, -0.25) is 9.59 Å². The number of carboxylic acids is 1. The largest absolute Gasteiger partial charge is 0.480 e. The Morgan fingerprint density at radius 2 is 2.33 bits per heavy atom. The van der Waals surface area contributed by atoms with Crippen molar-refractivity contribution in [2.24, 2.45) is 0 Å². The Bertz CT molecular complexity index is 553. The number of thioether (sulfide) groups is 1. The fourth-order valence-electron chi connectivity index (χ4n) is 1.38. The van der Waals surface area contributed by atoms with Crippen molar-refractivity contribution in [2.45, 2.75) is 12.5 Å². The molecule has 21 heavy (non-hydrogen) atoms. The summed E-state index contributed by atoms with van der Waals surface area (Å²) in [5, 5.41) is 24.6. The van der Waals surface area contributed by atoms with Crippen LogP contribution in [-0.4, -0.2) is 40.9 Å². The van der Waals surface area contributed by atoms with Crippen molar-refractivity contribution in [3.05, 3.63) is 17.0 Å². The van der Waals surface area contributed by atoms with Crippen molar-refractivity contribution >= 4 is 46.4 Å². The van der Waals surface area contributed by atoms with Gasteiger partial charge < -0.3 is 15.7 Å². The zero-order valence-electron chi connectivity index (χ0n) is 10.9. The van der Waals surface area contributed by atoms with E-state index >= 15 is 0 Å². The molecule has 3 N–H and O–H groups in total. The molecule has 0 radical (unpaired) electrons. The van der Waals surface area contributed by atoms with E-state index in [2.05, 4.69) is 10.6 Å². The van der Waals surface area contributed by atoms with E-state index in [1.165, 1.54) is 23.1 Å². The Morgan fingerprint density at radius 3 is 2.95 bits per heavy atom. The van der Waals surface area contributed by atoms with Gasteiger partial charge in [0, 0.05) is 0 Å². The van der Waals surface area contributed by atoms with Crippen LogP contribution in [0.3, 0.4) is 0 Å². The summed E-state index contributed by atoms with van der Waals surface area (Å²) >= 11 is 2.53. The minimum absolute atomic E-state index is 0.149. The Morgan fingerprint density at radius 1 is 1.57 bits per heavy atom. The Hall–Kier alpha value is -2.05. The molecule has 0 bridgehead atoms. The number of hydrogen-bond acceptors (Lipinski definition) is 6. The van der Waals surface area contributed by atoms with Crippen LogP contribution in [0.2, 0.25) is 0 Å². The fraction of sp³-hybridized carbons (Fsp3) is 0.333. The van der Waals surface area contributed by atoms with Gasteiger partial charge in [0.05, 0.1) is 11.3 Å². The van der Waals surface area contributed by atoms with Gasteiger partial charge in [0.2, 0.25) is 12.3 Å². The standard InChI is InChI=1S/C12H13N3O4S2/c13-5-8-1-4-21-11(8)15-10(17)6-20-3-2-9(12(18)19)14-7-16/h1,4,7,9H,2-3,6H2,(H,14,16)(H,15,17)(H,18,19). The van der Waals surface area contributed by atoms with Crippen molar-refractivity contribution in [3.63, 3.8) is 0 Å². The summed E-state index contributed by atoms with van der Waals surface area (Å²) in [6, 6.07) is 2.65. The molecular weight excluding hydrogens is 314 g/mol. The van der Waals surface area contributed by atoms with Crippen molar-refractivity contribution in [3.8, 4) is 6.07 Å². The summed E-state index contributed by atoms with van der Waals surface area (Å²) in [5.74, 6) is -0.796. The fourth-order valence-corrected chi connectivity index (χ4v) is 2.94. The minimum atomic E-state index is -1.11. The third kappa shape index (κ3) is 5.85. The highest BCUT2D eigenvalue weighted by molar-refractivity contribution is 7.99. The second kappa shape index (κ2) is 8.99. The number of thiophene rings is 1. The highest BCUT2D eigenvalue weighted by Gasteiger charge is 2.16. The first-order chi connectivity index (χ1) is 10.1. The van der Waals surface area contributed by atoms with E-state index in [1.807, 2.05) is 6.07 Å². The molecule has 1 aromatic heterocycles. The van der Waals surface area contributed by atoms with E-state index in [4.69, 9.17) is 10.4 Å². The first kappa shape index (κ1) is 17.0. The number of carboxylic acid groups (broad SMARTS) is 1. The summed E-state index contributed by atoms with van der Waals surface area (Å²) in [6.45, 7) is 0. The molecule has 0 saturated carbocycles. The molecular formula is C12H13N3O4S2. The molecule has 1 rings (SSSR count). The van der Waals surface area contributed by atoms with Crippen LogP contribution in [-0.2, 0) is 14.4 Å². The monoisotopic (exact) mass is 327 g/mol. The van der Waals surface area contributed by atoms with E-state index < -0.39 is 12.0 Å². The molecule has 0 saturated heterocycles. The van der Waals surface area contributed by atoms with Crippen molar-refractivity contribution in [2.75, 3.05) is 16.8 Å². The maximum absolute atomic E-state index is 11.7. The normalized spacial score (nSPS) is 11.2. The molecule has 0 aliphatic rings. The van der Waals surface area contributed by atoms with Gasteiger partial charge in [0.25, 0.3) is 0 Å². The number of nitrogens with zero attached hydrogens (tertiary/aromatic N) is 1. The Kier molecular flexibility index (Phi) is 7.28. The molecule has 0 aliphatic heterocycles. The van der Waals surface area contributed by atoms with E-state index in [9.17, 15) is 14.4 Å². The number of nitriles is 1. The number of nitrogens with one attached hydrogen (secondary N) is 2. The lowest BCUT2D eigenvalue weighted by molar-refractivity contribution is -0.140. The van der Waals surface area contributed by atoms with Gasteiger partial charge in [-0.15, -0.1) is 11.3 Å². The molecule has 0 spiro atoms. The highest BCUT2D eigenvalue weighted by Crippen LogP contribution is 2.22. The third-order valence-electron chi connectivity index (χ3n) is 2.39. The first-order valence-electron chi connectivity index (χ1n) is 5.86. The van der Waals surface area contributed by atoms with Crippen LogP contribution >= 0.6 is 23.1 Å². The van der Waals surface area contributed by atoms with Crippen molar-refractivity contribution in [1.82, 2.24) is 5.32 Å². The Balaban J connectivity index is 2.29. The van der Waals surface area contributed by atoms with Gasteiger partial charge in [0.1, 0.15) is 17.1 Å². The summed E-state index contributed by atoms with van der Waals surface area (Å²) in [6.07, 6.45) is 0.574. The second-order valence-electron chi connectivity index (χ2n) is 3.84. The number of carbonyl (C=O) groups is 3. The van der Waals surface area contributed by atoms with E-state index in [-0.39, 0.29) is 18.1 Å². The summed E-state index contributed by atoms with van der Waals surface area (Å²) in [4.78, 5) is 32.6. The lowest BCUT2D eigenvalue weighted by atomic mass is 10.2. The predicted octanol–water partition coefficient (Wildman–Crippen LogP) is 0.881. The van der Waals surface area contributed by atoms with Gasteiger partial charge >= 0.3 is 5.97 Å². The molecule has 7 nitrogen and oxygen atoms in total. The van der Waals surface area contributed by atoms with Crippen LogP contribution in [0.1, 0.15) is 12.0 Å². The molecule has 0 fully saturated rings. The lowest BCUT2D eigenvalue weighted by Gasteiger charge is -2.10. The molecule has 1 aromatic rings. The third-order valence-corrected chi connectivity index (χ3v) is 4.21. The van der Waals surface area contributed by atoms with Crippen LogP contribution in [0.5, 0.6) is 0 Å². The molecule has 0 aromatic carbocycles. The van der Waals surface area contributed by atoms with E-state index in [0.29, 0.717) is 22.7 Å². The predicted molar refractivity (Wildman–Crippen MR) is 80.2 cm³/mol. The van der Waals surface area contributed by atoms with Gasteiger partial charge in [-0.25, -0.2) is 4.79 Å². The van der Waals surface area contributed by atoms with Gasteiger partial charge in [0.15, 0.2) is 0 Å². The molecule has 1 heterocycles. The van der Waals surface area contributed by atoms with Crippen molar-refractivity contribution < 1.29 is 19.5 Å². The zero-order chi connectivity index (χ0) is 15.7. The number of amides is 2. The van der Waals surface area contributed by atoms with Crippen LogP contribution < -0.4 is 10.6 Å². The zero-order valence-corrected chi connectivity index (χ0v) is 12.5. The van der Waals surface area contributed by atoms with Crippen LogP contribution in [0.4, 0.5) is 5.00 Å². The summed E-state index contributed by atoms with van der Waals surface area (Å²) < 4.78 is 0. The molecule has 1 atom stereocenters. The van der Waals surface area contributed by atoms with Gasteiger partial charge in [-0.1, -0.05) is 0 Å². The number of rotatable bonds is 9. The number of hydrogen-bond donors (Lipinski definition) is 3. The quantitative estimate of drug-likeness (QED) is 0.457. The SMILES string of the molecule is N#Cc1ccsc1NC(=O)CSCCC(NC=O)C(=O)O. The lowest BCUT2D eigenvalue weighted by Crippen LogP contribution is -2.36. The maximum atomic E-state index is 11.7. The molecule has 2 amide bonds. The number of aliphatic carboxylic acids is 1. The average molecular weight is 327 g/mol. The van der Waals surface area contributed by atoms with Gasteiger partial charge in [-0.05, 0) is 23.6 Å². The minimum Gasteiger partial charge on any atom is -0.480 e. The average Bonchev–Trinajstić information content (AvgIpc) is 2.89. The Labute approximate surface area is 129 Å². The van der Waals surface area contributed by atoms with Crippen LogP contribution in [0.15, 0.2) is 11.4 Å². The molecule has 9 heteroatoms. The molecule has 0 aliphatic carbocycles. The van der Waals surface area contributed by atoms with Gasteiger partial charge in [-0.2, -0.15) is 17.0 Å². The maximum Gasteiger partial charge on any atom is 0.326 e. The topological polar surface area (TPSA) is 119 Å². The number of carbonyl (C=O) groups excluding carboxylic acids is 2. The number of anilines is 1.